The van der Waals surface area contributed by atoms with Crippen molar-refractivity contribution in [3.8, 4) is 0 Å². The standard InChI is InChI=1S/C17H25N3O/c18-16(14-6-2-1-3-7-14)12-17(21)20-11-10-19-9-5-4-8-15(19)13-20/h1-3,6-7,15-16H,4-5,8-13,18H2. The summed E-state index contributed by atoms with van der Waals surface area (Å²) < 4.78 is 0. The van der Waals surface area contributed by atoms with Gasteiger partial charge in [0, 0.05) is 38.1 Å². The van der Waals surface area contributed by atoms with Crippen LogP contribution < -0.4 is 5.73 Å². The Balaban J connectivity index is 1.56. The average Bonchev–Trinajstić information content (AvgIpc) is 2.55. The largest absolute Gasteiger partial charge is 0.340 e. The van der Waals surface area contributed by atoms with E-state index in [-0.39, 0.29) is 11.9 Å². The number of hydrogen-bond donors (Lipinski definition) is 1. The van der Waals surface area contributed by atoms with Crippen molar-refractivity contribution in [1.82, 2.24) is 9.80 Å². The Bertz CT molecular complexity index is 476. The molecule has 0 aliphatic carbocycles. The van der Waals surface area contributed by atoms with Crippen molar-refractivity contribution in [1.29, 1.82) is 0 Å². The molecule has 2 saturated heterocycles. The fraction of sp³-hybridized carbons (Fsp3) is 0.588. The van der Waals surface area contributed by atoms with Gasteiger partial charge in [-0.15, -0.1) is 0 Å². The quantitative estimate of drug-likeness (QED) is 0.922. The fourth-order valence-electron chi connectivity index (χ4n) is 3.52. The molecule has 3 rings (SSSR count). The molecule has 0 spiro atoms. The molecule has 1 aromatic rings. The Hall–Kier alpha value is -1.39. The lowest BCUT2D eigenvalue weighted by atomic mass is 9.98. The summed E-state index contributed by atoms with van der Waals surface area (Å²) in [6, 6.07) is 10.3. The zero-order valence-corrected chi connectivity index (χ0v) is 12.6. The highest BCUT2D eigenvalue weighted by atomic mass is 16.2. The van der Waals surface area contributed by atoms with Gasteiger partial charge in [-0.05, 0) is 24.9 Å². The van der Waals surface area contributed by atoms with Crippen LogP contribution in [0.4, 0.5) is 0 Å². The van der Waals surface area contributed by atoms with Crippen LogP contribution in [0.1, 0.15) is 37.3 Å². The van der Waals surface area contributed by atoms with E-state index in [1.54, 1.807) is 0 Å². The molecule has 2 aliphatic rings. The van der Waals surface area contributed by atoms with Gasteiger partial charge in [0.2, 0.25) is 5.91 Å². The van der Waals surface area contributed by atoms with E-state index in [1.807, 2.05) is 35.2 Å². The minimum absolute atomic E-state index is 0.192. The molecule has 2 aliphatic heterocycles. The molecule has 0 radical (unpaired) electrons. The van der Waals surface area contributed by atoms with Crippen LogP contribution in [-0.4, -0.2) is 47.9 Å². The highest BCUT2D eigenvalue weighted by Crippen LogP contribution is 2.22. The van der Waals surface area contributed by atoms with Gasteiger partial charge in [-0.25, -0.2) is 0 Å². The second kappa shape index (κ2) is 6.58. The molecular formula is C17H25N3O. The van der Waals surface area contributed by atoms with E-state index in [1.165, 1.54) is 25.8 Å². The summed E-state index contributed by atoms with van der Waals surface area (Å²) in [5.74, 6) is 0.205. The average molecular weight is 287 g/mol. The van der Waals surface area contributed by atoms with Crippen molar-refractivity contribution in [2.24, 2.45) is 5.73 Å². The van der Waals surface area contributed by atoms with Crippen LogP contribution in [0.25, 0.3) is 0 Å². The van der Waals surface area contributed by atoms with Gasteiger partial charge in [-0.3, -0.25) is 9.69 Å². The molecule has 4 heteroatoms. The van der Waals surface area contributed by atoms with Gasteiger partial charge in [0.15, 0.2) is 0 Å². The van der Waals surface area contributed by atoms with E-state index in [9.17, 15) is 4.79 Å². The van der Waals surface area contributed by atoms with Crippen molar-refractivity contribution in [2.45, 2.75) is 37.8 Å². The molecule has 0 saturated carbocycles. The van der Waals surface area contributed by atoms with Crippen LogP contribution in [0.2, 0.25) is 0 Å². The molecule has 2 N–H and O–H groups in total. The van der Waals surface area contributed by atoms with Crippen molar-refractivity contribution < 1.29 is 4.79 Å². The summed E-state index contributed by atoms with van der Waals surface area (Å²) in [5, 5.41) is 0. The summed E-state index contributed by atoms with van der Waals surface area (Å²) in [7, 11) is 0. The van der Waals surface area contributed by atoms with Crippen LogP contribution in [0.5, 0.6) is 0 Å². The number of nitrogens with zero attached hydrogens (tertiary/aromatic N) is 2. The molecule has 0 bridgehead atoms. The molecule has 2 fully saturated rings. The third kappa shape index (κ3) is 3.44. The minimum atomic E-state index is -0.192. The first kappa shape index (κ1) is 14.5. The van der Waals surface area contributed by atoms with Gasteiger partial charge in [0.1, 0.15) is 0 Å². The van der Waals surface area contributed by atoms with Crippen LogP contribution in [-0.2, 0) is 4.79 Å². The Morgan fingerprint density at radius 1 is 1.19 bits per heavy atom. The molecule has 2 atom stereocenters. The number of piperidine rings is 1. The molecule has 1 aromatic carbocycles. The van der Waals surface area contributed by atoms with Crippen LogP contribution in [0.15, 0.2) is 30.3 Å². The van der Waals surface area contributed by atoms with Gasteiger partial charge >= 0.3 is 0 Å². The van der Waals surface area contributed by atoms with E-state index in [0.717, 1.165) is 25.2 Å². The smallest absolute Gasteiger partial charge is 0.224 e. The molecule has 0 aromatic heterocycles. The Morgan fingerprint density at radius 2 is 2.00 bits per heavy atom. The molecular weight excluding hydrogens is 262 g/mol. The third-order valence-corrected chi connectivity index (χ3v) is 4.81. The topological polar surface area (TPSA) is 49.6 Å². The monoisotopic (exact) mass is 287 g/mol. The number of nitrogens with two attached hydrogens (primary N) is 1. The minimum Gasteiger partial charge on any atom is -0.340 e. The SMILES string of the molecule is NC(CC(=O)N1CCN2CCCCC2C1)c1ccccc1. The molecule has 2 unspecified atom stereocenters. The summed E-state index contributed by atoms with van der Waals surface area (Å²) >= 11 is 0. The summed E-state index contributed by atoms with van der Waals surface area (Å²) in [6.45, 7) is 3.98. The first-order valence-electron chi connectivity index (χ1n) is 8.06. The maximum atomic E-state index is 12.5. The zero-order chi connectivity index (χ0) is 14.7. The van der Waals surface area contributed by atoms with Crippen LogP contribution in [0.3, 0.4) is 0 Å². The number of fused-ring (bicyclic) bond motifs is 1. The number of benzene rings is 1. The Labute approximate surface area is 126 Å². The van der Waals surface area contributed by atoms with E-state index < -0.39 is 0 Å². The number of rotatable bonds is 3. The maximum absolute atomic E-state index is 12.5. The highest BCUT2D eigenvalue weighted by molar-refractivity contribution is 5.77. The number of amides is 1. The second-order valence-electron chi connectivity index (χ2n) is 6.25. The molecule has 114 valence electrons. The molecule has 21 heavy (non-hydrogen) atoms. The third-order valence-electron chi connectivity index (χ3n) is 4.81. The van der Waals surface area contributed by atoms with Crippen LogP contribution >= 0.6 is 0 Å². The number of hydrogen-bond acceptors (Lipinski definition) is 3. The Morgan fingerprint density at radius 3 is 2.81 bits per heavy atom. The van der Waals surface area contributed by atoms with E-state index in [0.29, 0.717) is 12.5 Å². The van der Waals surface area contributed by atoms with E-state index in [2.05, 4.69) is 4.90 Å². The lowest BCUT2D eigenvalue weighted by Gasteiger charge is -2.44. The summed E-state index contributed by atoms with van der Waals surface area (Å²) in [5.41, 5.74) is 7.22. The van der Waals surface area contributed by atoms with Gasteiger partial charge < -0.3 is 10.6 Å². The van der Waals surface area contributed by atoms with E-state index >= 15 is 0 Å². The van der Waals surface area contributed by atoms with E-state index in [4.69, 9.17) is 5.73 Å². The van der Waals surface area contributed by atoms with Gasteiger partial charge in [0.05, 0.1) is 0 Å². The second-order valence-corrected chi connectivity index (χ2v) is 6.25. The van der Waals surface area contributed by atoms with Gasteiger partial charge in [-0.1, -0.05) is 36.8 Å². The number of piperazine rings is 1. The van der Waals surface area contributed by atoms with Gasteiger partial charge in [0.25, 0.3) is 0 Å². The first-order chi connectivity index (χ1) is 10.2. The highest BCUT2D eigenvalue weighted by Gasteiger charge is 2.31. The molecule has 1 amide bonds. The zero-order valence-electron chi connectivity index (χ0n) is 12.6. The number of carbonyl (C=O) groups excluding carboxylic acids is 1. The normalized spacial score (nSPS) is 24.4. The fourth-order valence-corrected chi connectivity index (χ4v) is 3.52. The van der Waals surface area contributed by atoms with Crippen LogP contribution in [0, 0.1) is 0 Å². The van der Waals surface area contributed by atoms with Gasteiger partial charge in [-0.2, -0.15) is 0 Å². The van der Waals surface area contributed by atoms with Crippen molar-refractivity contribution in [3.63, 3.8) is 0 Å². The predicted octanol–water partition coefficient (Wildman–Crippen LogP) is 1.77. The van der Waals surface area contributed by atoms with Crippen molar-refractivity contribution in [2.75, 3.05) is 26.2 Å². The predicted molar refractivity (Wildman–Crippen MR) is 83.8 cm³/mol. The van der Waals surface area contributed by atoms with Crippen molar-refractivity contribution in [3.05, 3.63) is 35.9 Å². The Kier molecular flexibility index (Phi) is 4.56. The molecule has 2 heterocycles. The summed E-state index contributed by atoms with van der Waals surface area (Å²) in [4.78, 5) is 17.1. The summed E-state index contributed by atoms with van der Waals surface area (Å²) in [6.07, 6.45) is 4.25. The molecule has 4 nitrogen and oxygen atoms in total. The first-order valence-corrected chi connectivity index (χ1v) is 8.06. The number of carbonyl (C=O) groups is 1. The maximum Gasteiger partial charge on any atom is 0.224 e. The lowest BCUT2D eigenvalue weighted by Crippen LogP contribution is -2.56. The van der Waals surface area contributed by atoms with Crippen molar-refractivity contribution >= 4 is 5.91 Å². The lowest BCUT2D eigenvalue weighted by molar-refractivity contribution is -0.135.